The molecule has 1 atom stereocenters. The Morgan fingerprint density at radius 2 is 2.04 bits per heavy atom. The molecule has 0 spiro atoms. The van der Waals surface area contributed by atoms with Gasteiger partial charge >= 0.3 is 0 Å². The van der Waals surface area contributed by atoms with E-state index in [4.69, 9.17) is 15.2 Å². The van der Waals surface area contributed by atoms with Gasteiger partial charge in [-0.15, -0.1) is 0 Å². The van der Waals surface area contributed by atoms with Crippen molar-refractivity contribution in [2.75, 3.05) is 13.3 Å². The molecule has 2 aliphatic heterocycles. The van der Waals surface area contributed by atoms with Gasteiger partial charge in [0, 0.05) is 12.1 Å². The van der Waals surface area contributed by atoms with Crippen LogP contribution >= 0.6 is 0 Å². The highest BCUT2D eigenvalue weighted by atomic mass is 16.7. The number of hydrogen-bond acceptors (Lipinski definition) is 5. The molecule has 7 heteroatoms. The highest BCUT2D eigenvalue weighted by Gasteiger charge is 2.39. The number of nitrogens with one attached hydrogen (secondary N) is 1. The summed E-state index contributed by atoms with van der Waals surface area (Å²) >= 11 is 0. The summed E-state index contributed by atoms with van der Waals surface area (Å²) < 4.78 is 10.8. The number of ether oxygens (including phenoxy) is 2. The van der Waals surface area contributed by atoms with E-state index in [1.165, 1.54) is 0 Å². The zero-order chi connectivity index (χ0) is 17.4. The number of amides is 2. The molecule has 1 aromatic rings. The molecular weight excluding hydrogens is 322 g/mol. The molecule has 0 fully saturated rings. The molecule has 1 aliphatic carbocycles. The van der Waals surface area contributed by atoms with Crippen molar-refractivity contribution in [1.29, 1.82) is 0 Å². The van der Waals surface area contributed by atoms with E-state index in [-0.39, 0.29) is 25.4 Å². The number of benzene rings is 1. The van der Waals surface area contributed by atoms with Crippen molar-refractivity contribution in [3.05, 3.63) is 34.9 Å². The number of carbonyl (C=O) groups is 2. The van der Waals surface area contributed by atoms with E-state index in [2.05, 4.69) is 5.32 Å². The Bertz CT molecular complexity index is 759. The van der Waals surface area contributed by atoms with Crippen LogP contribution in [0.3, 0.4) is 0 Å². The van der Waals surface area contributed by atoms with Crippen molar-refractivity contribution >= 4 is 11.8 Å². The van der Waals surface area contributed by atoms with E-state index in [9.17, 15) is 9.59 Å². The summed E-state index contributed by atoms with van der Waals surface area (Å²) in [5.74, 6) is 1.04. The lowest BCUT2D eigenvalue weighted by molar-refractivity contribution is -0.128. The van der Waals surface area contributed by atoms with Crippen molar-refractivity contribution in [2.45, 2.75) is 38.4 Å². The van der Waals surface area contributed by atoms with Crippen LogP contribution < -0.4 is 20.5 Å². The fourth-order valence-electron chi connectivity index (χ4n) is 3.78. The lowest BCUT2D eigenvalue weighted by Gasteiger charge is -2.28. The van der Waals surface area contributed by atoms with E-state index < -0.39 is 5.91 Å². The van der Waals surface area contributed by atoms with Gasteiger partial charge in [-0.05, 0) is 49.0 Å². The SMILES string of the molecule is NC(=O)CN[C@H]1C2=C(CCCC2)C(=O)N1Cc1ccc2c(c1)OCO2. The lowest BCUT2D eigenvalue weighted by Crippen LogP contribution is -2.47. The maximum Gasteiger partial charge on any atom is 0.251 e. The lowest BCUT2D eigenvalue weighted by atomic mass is 9.92. The van der Waals surface area contributed by atoms with E-state index in [1.807, 2.05) is 18.2 Å². The first-order valence-corrected chi connectivity index (χ1v) is 8.56. The summed E-state index contributed by atoms with van der Waals surface area (Å²) in [6.45, 7) is 0.714. The first-order valence-electron chi connectivity index (χ1n) is 8.56. The van der Waals surface area contributed by atoms with Crippen LogP contribution in [-0.4, -0.2) is 36.2 Å². The average molecular weight is 343 g/mol. The third-order valence-corrected chi connectivity index (χ3v) is 4.93. The number of nitrogens with zero attached hydrogens (tertiary/aromatic N) is 1. The largest absolute Gasteiger partial charge is 0.454 e. The van der Waals surface area contributed by atoms with Crippen molar-refractivity contribution in [3.8, 4) is 11.5 Å². The number of rotatable bonds is 5. The molecule has 2 heterocycles. The van der Waals surface area contributed by atoms with Gasteiger partial charge in [0.05, 0.1) is 6.54 Å². The molecule has 3 N–H and O–H groups in total. The standard InChI is InChI=1S/C18H21N3O4/c19-16(22)8-20-17-12-3-1-2-4-13(12)18(23)21(17)9-11-5-6-14-15(7-11)25-10-24-14/h5-7,17,20H,1-4,8-10H2,(H2,19,22)/t17-/m1/s1. The highest BCUT2D eigenvalue weighted by molar-refractivity contribution is 5.98. The van der Waals surface area contributed by atoms with Gasteiger partial charge in [-0.2, -0.15) is 0 Å². The Hall–Kier alpha value is -2.54. The molecular formula is C18H21N3O4. The summed E-state index contributed by atoms with van der Waals surface area (Å²) in [5, 5.41) is 3.15. The second-order valence-electron chi connectivity index (χ2n) is 6.58. The Morgan fingerprint density at radius 1 is 1.24 bits per heavy atom. The van der Waals surface area contributed by atoms with Crippen LogP contribution in [0.25, 0.3) is 0 Å². The van der Waals surface area contributed by atoms with Gasteiger partial charge in [-0.3, -0.25) is 14.9 Å². The molecule has 4 rings (SSSR count). The zero-order valence-electron chi connectivity index (χ0n) is 13.9. The molecule has 2 amide bonds. The van der Waals surface area contributed by atoms with E-state index in [0.29, 0.717) is 12.3 Å². The predicted octanol–water partition coefficient (Wildman–Crippen LogP) is 1.03. The van der Waals surface area contributed by atoms with Crippen molar-refractivity contribution in [3.63, 3.8) is 0 Å². The molecule has 3 aliphatic rings. The van der Waals surface area contributed by atoms with Crippen molar-refractivity contribution in [1.82, 2.24) is 10.2 Å². The Balaban J connectivity index is 1.58. The van der Waals surface area contributed by atoms with Crippen LogP contribution in [0.1, 0.15) is 31.2 Å². The van der Waals surface area contributed by atoms with Crippen LogP contribution in [0, 0.1) is 0 Å². The molecule has 25 heavy (non-hydrogen) atoms. The normalized spacial score (nSPS) is 21.7. The average Bonchev–Trinajstić information content (AvgIpc) is 3.17. The number of carbonyl (C=O) groups excluding carboxylic acids is 2. The molecule has 132 valence electrons. The molecule has 0 bridgehead atoms. The van der Waals surface area contributed by atoms with Crippen LogP contribution in [0.2, 0.25) is 0 Å². The molecule has 0 aromatic heterocycles. The maximum absolute atomic E-state index is 12.9. The van der Waals surface area contributed by atoms with Gasteiger partial charge in [0.2, 0.25) is 12.7 Å². The minimum atomic E-state index is -0.430. The number of nitrogens with two attached hydrogens (primary N) is 1. The number of primary amides is 1. The predicted molar refractivity (Wildman–Crippen MR) is 89.6 cm³/mol. The number of fused-ring (bicyclic) bond motifs is 1. The van der Waals surface area contributed by atoms with Crippen LogP contribution in [0.5, 0.6) is 11.5 Å². The maximum atomic E-state index is 12.9. The van der Waals surface area contributed by atoms with Gasteiger partial charge in [0.25, 0.3) is 5.91 Å². The van der Waals surface area contributed by atoms with Crippen LogP contribution in [-0.2, 0) is 16.1 Å². The molecule has 7 nitrogen and oxygen atoms in total. The van der Waals surface area contributed by atoms with Crippen molar-refractivity contribution in [2.24, 2.45) is 5.73 Å². The number of hydrogen-bond donors (Lipinski definition) is 2. The smallest absolute Gasteiger partial charge is 0.251 e. The molecule has 0 radical (unpaired) electrons. The topological polar surface area (TPSA) is 93.9 Å². The van der Waals surface area contributed by atoms with Gasteiger partial charge in [0.1, 0.15) is 6.17 Å². The minimum absolute atomic E-state index is 0.0480. The van der Waals surface area contributed by atoms with Gasteiger partial charge in [-0.25, -0.2) is 0 Å². The van der Waals surface area contributed by atoms with Gasteiger partial charge in [0.15, 0.2) is 11.5 Å². The quantitative estimate of drug-likeness (QED) is 0.833. The third kappa shape index (κ3) is 2.95. The summed E-state index contributed by atoms with van der Waals surface area (Å²) in [7, 11) is 0. The first kappa shape index (κ1) is 16.0. The monoisotopic (exact) mass is 343 g/mol. The summed E-state index contributed by atoms with van der Waals surface area (Å²) in [4.78, 5) is 25.9. The Morgan fingerprint density at radius 3 is 2.88 bits per heavy atom. The van der Waals surface area contributed by atoms with Crippen LogP contribution in [0.15, 0.2) is 29.3 Å². The minimum Gasteiger partial charge on any atom is -0.454 e. The highest BCUT2D eigenvalue weighted by Crippen LogP contribution is 2.37. The molecule has 0 saturated carbocycles. The van der Waals surface area contributed by atoms with Gasteiger partial charge in [-0.1, -0.05) is 6.07 Å². The molecule has 1 aromatic carbocycles. The second-order valence-corrected chi connectivity index (χ2v) is 6.58. The molecule has 0 saturated heterocycles. The van der Waals surface area contributed by atoms with Gasteiger partial charge < -0.3 is 20.1 Å². The third-order valence-electron chi connectivity index (χ3n) is 4.93. The van der Waals surface area contributed by atoms with E-state index >= 15 is 0 Å². The first-order chi connectivity index (χ1) is 12.1. The molecule has 0 unspecified atom stereocenters. The Labute approximate surface area is 145 Å². The zero-order valence-corrected chi connectivity index (χ0v) is 13.9. The fourth-order valence-corrected chi connectivity index (χ4v) is 3.78. The van der Waals surface area contributed by atoms with E-state index in [1.54, 1.807) is 4.90 Å². The summed E-state index contributed by atoms with van der Waals surface area (Å²) in [6, 6.07) is 5.69. The summed E-state index contributed by atoms with van der Waals surface area (Å²) in [6.07, 6.45) is 3.53. The second kappa shape index (κ2) is 6.40. The van der Waals surface area contributed by atoms with Crippen LogP contribution in [0.4, 0.5) is 0 Å². The fraction of sp³-hybridized carbons (Fsp3) is 0.444. The van der Waals surface area contributed by atoms with E-state index in [0.717, 1.165) is 48.1 Å². The Kier molecular flexibility index (Phi) is 4.09. The van der Waals surface area contributed by atoms with Crippen molar-refractivity contribution < 1.29 is 19.1 Å². The summed E-state index contributed by atoms with van der Waals surface area (Å²) in [5.41, 5.74) is 8.25.